The Morgan fingerprint density at radius 2 is 2.16 bits per heavy atom. The average molecular weight is 255 g/mol. The Labute approximate surface area is 108 Å². The van der Waals surface area contributed by atoms with Crippen molar-refractivity contribution in [2.24, 2.45) is 0 Å². The molecule has 0 aliphatic heterocycles. The van der Waals surface area contributed by atoms with Gasteiger partial charge in [-0.15, -0.1) is 0 Å². The maximum atomic E-state index is 11.1. The molecule has 1 heterocycles. The molecule has 0 spiro atoms. The molecule has 19 heavy (non-hydrogen) atoms. The summed E-state index contributed by atoms with van der Waals surface area (Å²) in [6.45, 7) is 1.82. The first-order valence-corrected chi connectivity index (χ1v) is 5.34. The highest BCUT2D eigenvalue weighted by Gasteiger charge is 2.12. The van der Waals surface area contributed by atoms with Crippen molar-refractivity contribution in [3.05, 3.63) is 47.4 Å². The Morgan fingerprint density at radius 1 is 1.37 bits per heavy atom. The standard InChI is InChI=1S/C13H9N3O3/c1-8-2-3-10(13(17)18)11(4-8)19-12-7-15-9(5-14)6-16-12/h2-4,6-7H,1H3,(H,17,18). The highest BCUT2D eigenvalue weighted by molar-refractivity contribution is 5.91. The molecule has 0 atom stereocenters. The lowest BCUT2D eigenvalue weighted by atomic mass is 10.1. The summed E-state index contributed by atoms with van der Waals surface area (Å²) in [5.41, 5.74) is 1.06. The molecule has 6 heteroatoms. The first-order chi connectivity index (χ1) is 9.10. The monoisotopic (exact) mass is 255 g/mol. The molecule has 1 aromatic heterocycles. The van der Waals surface area contributed by atoms with Crippen molar-refractivity contribution in [3.8, 4) is 17.7 Å². The van der Waals surface area contributed by atoms with Crippen LogP contribution in [-0.2, 0) is 0 Å². The molecule has 0 unspecified atom stereocenters. The van der Waals surface area contributed by atoms with Gasteiger partial charge in [-0.05, 0) is 24.6 Å². The van der Waals surface area contributed by atoms with Gasteiger partial charge < -0.3 is 9.84 Å². The van der Waals surface area contributed by atoms with E-state index in [1.54, 1.807) is 12.1 Å². The van der Waals surface area contributed by atoms with Crippen LogP contribution in [0.1, 0.15) is 21.6 Å². The molecule has 2 rings (SSSR count). The topological polar surface area (TPSA) is 96.1 Å². The molecular weight excluding hydrogens is 246 g/mol. The summed E-state index contributed by atoms with van der Waals surface area (Å²) >= 11 is 0. The second-order valence-corrected chi connectivity index (χ2v) is 3.76. The minimum atomic E-state index is -1.09. The fourth-order valence-corrected chi connectivity index (χ4v) is 1.43. The van der Waals surface area contributed by atoms with Gasteiger partial charge in [0, 0.05) is 0 Å². The molecule has 94 valence electrons. The summed E-state index contributed by atoms with van der Waals surface area (Å²) in [5, 5.41) is 17.7. The largest absolute Gasteiger partial charge is 0.478 e. The number of nitriles is 1. The molecule has 0 saturated carbocycles. The van der Waals surface area contributed by atoms with Gasteiger partial charge in [0.05, 0.1) is 12.4 Å². The van der Waals surface area contributed by atoms with E-state index < -0.39 is 5.97 Å². The number of aromatic nitrogens is 2. The molecule has 1 aromatic carbocycles. The number of ether oxygens (including phenoxy) is 1. The highest BCUT2D eigenvalue weighted by Crippen LogP contribution is 2.25. The van der Waals surface area contributed by atoms with E-state index in [2.05, 4.69) is 9.97 Å². The van der Waals surface area contributed by atoms with E-state index in [0.29, 0.717) is 0 Å². The number of benzene rings is 1. The highest BCUT2D eigenvalue weighted by atomic mass is 16.5. The Morgan fingerprint density at radius 3 is 2.74 bits per heavy atom. The van der Waals surface area contributed by atoms with Crippen LogP contribution in [0.25, 0.3) is 0 Å². The molecule has 0 fully saturated rings. The van der Waals surface area contributed by atoms with Gasteiger partial charge in [-0.2, -0.15) is 5.26 Å². The lowest BCUT2D eigenvalue weighted by Gasteiger charge is -2.08. The van der Waals surface area contributed by atoms with E-state index in [0.717, 1.165) is 5.56 Å². The summed E-state index contributed by atoms with van der Waals surface area (Å²) in [4.78, 5) is 18.7. The molecule has 1 N–H and O–H groups in total. The third kappa shape index (κ3) is 2.84. The van der Waals surface area contributed by atoms with Crippen LogP contribution in [0, 0.1) is 18.3 Å². The number of nitrogens with zero attached hydrogens (tertiary/aromatic N) is 3. The predicted octanol–water partition coefficient (Wildman–Crippen LogP) is 2.15. The molecule has 6 nitrogen and oxygen atoms in total. The van der Waals surface area contributed by atoms with Crippen LogP contribution in [0.3, 0.4) is 0 Å². The third-order valence-corrected chi connectivity index (χ3v) is 2.32. The van der Waals surface area contributed by atoms with Crippen LogP contribution >= 0.6 is 0 Å². The minimum absolute atomic E-state index is 0.0387. The zero-order valence-corrected chi connectivity index (χ0v) is 9.99. The Hall–Kier alpha value is -2.94. The van der Waals surface area contributed by atoms with E-state index >= 15 is 0 Å². The van der Waals surface area contributed by atoms with Gasteiger partial charge in [0.25, 0.3) is 0 Å². The number of aryl methyl sites for hydroxylation is 1. The number of hydrogen-bond acceptors (Lipinski definition) is 5. The van der Waals surface area contributed by atoms with Gasteiger partial charge in [-0.25, -0.2) is 14.8 Å². The summed E-state index contributed by atoms with van der Waals surface area (Å²) in [7, 11) is 0. The maximum Gasteiger partial charge on any atom is 0.339 e. The zero-order valence-electron chi connectivity index (χ0n) is 9.99. The number of carboxylic acids is 1. The summed E-state index contributed by atoms with van der Waals surface area (Å²) < 4.78 is 5.39. The number of hydrogen-bond donors (Lipinski definition) is 1. The first-order valence-electron chi connectivity index (χ1n) is 5.34. The fourth-order valence-electron chi connectivity index (χ4n) is 1.43. The smallest absolute Gasteiger partial charge is 0.339 e. The van der Waals surface area contributed by atoms with E-state index in [1.165, 1.54) is 18.5 Å². The lowest BCUT2D eigenvalue weighted by molar-refractivity contribution is 0.0694. The van der Waals surface area contributed by atoms with Crippen LogP contribution in [0.15, 0.2) is 30.6 Å². The van der Waals surface area contributed by atoms with E-state index in [4.69, 9.17) is 15.1 Å². The molecule has 0 amide bonds. The van der Waals surface area contributed by atoms with E-state index in [-0.39, 0.29) is 22.9 Å². The lowest BCUT2D eigenvalue weighted by Crippen LogP contribution is -2.01. The van der Waals surface area contributed by atoms with Crippen molar-refractivity contribution in [2.75, 3.05) is 0 Å². The number of rotatable bonds is 3. The van der Waals surface area contributed by atoms with Gasteiger partial charge >= 0.3 is 5.97 Å². The van der Waals surface area contributed by atoms with Crippen LogP contribution in [0.5, 0.6) is 11.6 Å². The number of aromatic carboxylic acids is 1. The molecule has 0 aliphatic rings. The van der Waals surface area contributed by atoms with Gasteiger partial charge in [-0.1, -0.05) is 6.07 Å². The molecule has 0 aliphatic carbocycles. The second kappa shape index (κ2) is 5.14. The van der Waals surface area contributed by atoms with Crippen molar-refractivity contribution in [2.45, 2.75) is 6.92 Å². The van der Waals surface area contributed by atoms with Crippen LogP contribution in [-0.4, -0.2) is 21.0 Å². The molecule has 0 bridgehead atoms. The zero-order chi connectivity index (χ0) is 13.8. The van der Waals surface area contributed by atoms with Crippen molar-refractivity contribution < 1.29 is 14.6 Å². The van der Waals surface area contributed by atoms with Crippen molar-refractivity contribution in [1.82, 2.24) is 9.97 Å². The average Bonchev–Trinajstić information content (AvgIpc) is 2.39. The van der Waals surface area contributed by atoms with Crippen LogP contribution in [0.2, 0.25) is 0 Å². The van der Waals surface area contributed by atoms with Gasteiger partial charge in [0.15, 0.2) is 5.69 Å². The first kappa shape index (κ1) is 12.5. The fraction of sp³-hybridized carbons (Fsp3) is 0.0769. The van der Waals surface area contributed by atoms with Crippen LogP contribution < -0.4 is 4.74 Å². The Bertz CT molecular complexity index is 660. The molecule has 0 radical (unpaired) electrons. The summed E-state index contributed by atoms with van der Waals surface area (Å²) in [6, 6.07) is 6.58. The third-order valence-electron chi connectivity index (χ3n) is 2.32. The SMILES string of the molecule is Cc1ccc(C(=O)O)c(Oc2cnc(C#N)cn2)c1. The van der Waals surface area contributed by atoms with E-state index in [9.17, 15) is 4.79 Å². The molecule has 2 aromatic rings. The van der Waals surface area contributed by atoms with Crippen molar-refractivity contribution in [1.29, 1.82) is 5.26 Å². The minimum Gasteiger partial charge on any atom is -0.478 e. The second-order valence-electron chi connectivity index (χ2n) is 3.76. The quantitative estimate of drug-likeness (QED) is 0.902. The van der Waals surface area contributed by atoms with Crippen LogP contribution in [0.4, 0.5) is 0 Å². The predicted molar refractivity (Wildman–Crippen MR) is 65.0 cm³/mol. The number of carboxylic acid groups (broad SMARTS) is 1. The number of carbonyl (C=O) groups is 1. The van der Waals surface area contributed by atoms with Crippen molar-refractivity contribution in [3.63, 3.8) is 0 Å². The molecular formula is C13H9N3O3. The molecule has 0 saturated heterocycles. The Kier molecular flexibility index (Phi) is 3.39. The summed E-state index contributed by atoms with van der Waals surface area (Å²) in [5.74, 6) is -0.768. The van der Waals surface area contributed by atoms with Crippen molar-refractivity contribution >= 4 is 5.97 Å². The summed E-state index contributed by atoms with van der Waals surface area (Å²) in [6.07, 6.45) is 2.53. The van der Waals surface area contributed by atoms with Gasteiger partial charge in [-0.3, -0.25) is 0 Å². The van der Waals surface area contributed by atoms with E-state index in [1.807, 2.05) is 13.0 Å². The van der Waals surface area contributed by atoms with Gasteiger partial charge in [0.1, 0.15) is 17.4 Å². The normalized spacial score (nSPS) is 9.68. The van der Waals surface area contributed by atoms with Gasteiger partial charge in [0.2, 0.25) is 5.88 Å². The maximum absolute atomic E-state index is 11.1. The Balaban J connectivity index is 2.34.